The molecule has 1 saturated heterocycles. The minimum absolute atomic E-state index is 0.0404. The van der Waals surface area contributed by atoms with Crippen LogP contribution in [0.5, 0.6) is 5.88 Å². The summed E-state index contributed by atoms with van der Waals surface area (Å²) < 4.78 is 5.71. The number of carbonyl (C=O) groups is 2. The Labute approximate surface area is 159 Å². The Morgan fingerprint density at radius 3 is 2.89 bits per heavy atom. The van der Waals surface area contributed by atoms with Gasteiger partial charge in [0.2, 0.25) is 5.88 Å². The first-order chi connectivity index (χ1) is 13.1. The normalized spacial score (nSPS) is 16.6. The van der Waals surface area contributed by atoms with Gasteiger partial charge in [-0.25, -0.2) is 9.97 Å². The molecule has 2 amide bonds. The van der Waals surface area contributed by atoms with E-state index in [4.69, 9.17) is 10.5 Å². The number of carbonyl (C=O) groups excluding carboxylic acids is 2. The average Bonchev–Trinajstić information content (AvgIpc) is 3.35. The van der Waals surface area contributed by atoms with Crippen LogP contribution in [-0.4, -0.2) is 39.8 Å². The van der Waals surface area contributed by atoms with Crippen molar-refractivity contribution in [3.05, 3.63) is 52.5 Å². The summed E-state index contributed by atoms with van der Waals surface area (Å²) in [6.07, 6.45) is 3.20. The molecule has 1 unspecified atom stereocenters. The van der Waals surface area contributed by atoms with Gasteiger partial charge >= 0.3 is 0 Å². The maximum Gasteiger partial charge on any atom is 0.261 e. The van der Waals surface area contributed by atoms with Crippen molar-refractivity contribution in [1.82, 2.24) is 14.9 Å². The lowest BCUT2D eigenvalue weighted by atomic mass is 10.2. The van der Waals surface area contributed by atoms with Crippen molar-refractivity contribution in [3.8, 4) is 5.88 Å². The Morgan fingerprint density at radius 2 is 2.07 bits per heavy atom. The molecule has 27 heavy (non-hydrogen) atoms. The highest BCUT2D eigenvalue weighted by molar-refractivity contribution is 7.14. The zero-order valence-corrected chi connectivity index (χ0v) is 15.3. The summed E-state index contributed by atoms with van der Waals surface area (Å²) >= 11 is 1.35. The standard InChI is InChI=1S/C19H18N4O3S/c20-18(25)16-8-7-15(27-16)14-6-3-9-23(14)17(24)10-26-19-12-4-1-2-5-13(12)21-11-22-19/h1-2,4-5,7-8,11,14H,3,6,9-10H2,(H2,20,25). The first-order valence-electron chi connectivity index (χ1n) is 8.65. The average molecular weight is 382 g/mol. The molecule has 3 aromatic rings. The van der Waals surface area contributed by atoms with Crippen LogP contribution >= 0.6 is 11.3 Å². The van der Waals surface area contributed by atoms with Gasteiger partial charge in [0, 0.05) is 11.4 Å². The van der Waals surface area contributed by atoms with E-state index in [1.54, 1.807) is 11.0 Å². The van der Waals surface area contributed by atoms with E-state index in [1.165, 1.54) is 17.7 Å². The van der Waals surface area contributed by atoms with Crippen LogP contribution in [-0.2, 0) is 4.79 Å². The van der Waals surface area contributed by atoms with Gasteiger partial charge in [0.15, 0.2) is 6.61 Å². The third kappa shape index (κ3) is 3.48. The number of thiophene rings is 1. The molecule has 7 nitrogen and oxygen atoms in total. The van der Waals surface area contributed by atoms with Crippen LogP contribution in [0.1, 0.15) is 33.4 Å². The Kier molecular flexibility index (Phi) is 4.72. The summed E-state index contributed by atoms with van der Waals surface area (Å²) in [5, 5.41) is 0.773. The topological polar surface area (TPSA) is 98.4 Å². The van der Waals surface area contributed by atoms with Crippen LogP contribution in [0.4, 0.5) is 0 Å². The Bertz CT molecular complexity index is 998. The molecule has 0 radical (unpaired) electrons. The summed E-state index contributed by atoms with van der Waals surface area (Å²) in [6.45, 7) is 0.576. The summed E-state index contributed by atoms with van der Waals surface area (Å²) in [5.74, 6) is -0.146. The van der Waals surface area contributed by atoms with Crippen LogP contribution in [0.2, 0.25) is 0 Å². The second-order valence-electron chi connectivity index (χ2n) is 6.30. The number of aromatic nitrogens is 2. The number of primary amides is 1. The molecule has 1 aromatic carbocycles. The number of nitrogens with zero attached hydrogens (tertiary/aromatic N) is 3. The highest BCUT2D eigenvalue weighted by atomic mass is 32.1. The number of ether oxygens (including phenoxy) is 1. The van der Waals surface area contributed by atoms with E-state index in [1.807, 2.05) is 30.3 Å². The minimum Gasteiger partial charge on any atom is -0.467 e. The van der Waals surface area contributed by atoms with Gasteiger partial charge in [-0.05, 0) is 37.1 Å². The molecule has 0 aliphatic carbocycles. The zero-order chi connectivity index (χ0) is 18.8. The lowest BCUT2D eigenvalue weighted by molar-refractivity contribution is -0.134. The monoisotopic (exact) mass is 382 g/mol. The smallest absolute Gasteiger partial charge is 0.261 e. The van der Waals surface area contributed by atoms with Crippen molar-refractivity contribution in [1.29, 1.82) is 0 Å². The predicted molar refractivity (Wildman–Crippen MR) is 102 cm³/mol. The largest absolute Gasteiger partial charge is 0.467 e. The molecule has 0 saturated carbocycles. The van der Waals surface area contributed by atoms with Crippen LogP contribution < -0.4 is 10.5 Å². The maximum absolute atomic E-state index is 12.7. The van der Waals surface area contributed by atoms with E-state index in [2.05, 4.69) is 9.97 Å². The summed E-state index contributed by atoms with van der Waals surface area (Å²) in [4.78, 5) is 35.7. The highest BCUT2D eigenvalue weighted by Gasteiger charge is 2.31. The van der Waals surface area contributed by atoms with Crippen LogP contribution in [0.15, 0.2) is 42.7 Å². The predicted octanol–water partition coefficient (Wildman–Crippen LogP) is 2.53. The lowest BCUT2D eigenvalue weighted by Gasteiger charge is -2.23. The van der Waals surface area contributed by atoms with E-state index in [9.17, 15) is 9.59 Å². The fraction of sp³-hybridized carbons (Fsp3) is 0.263. The van der Waals surface area contributed by atoms with E-state index >= 15 is 0 Å². The molecule has 0 bridgehead atoms. The van der Waals surface area contributed by atoms with Crippen LogP contribution in [0.3, 0.4) is 0 Å². The Balaban J connectivity index is 1.47. The van der Waals surface area contributed by atoms with Crippen LogP contribution in [0.25, 0.3) is 10.9 Å². The quantitative estimate of drug-likeness (QED) is 0.731. The number of hydrogen-bond acceptors (Lipinski definition) is 6. The van der Waals surface area contributed by atoms with Crippen LogP contribution in [0, 0.1) is 0 Å². The summed E-state index contributed by atoms with van der Waals surface area (Å²) in [6, 6.07) is 11.1. The number of amides is 2. The molecule has 2 aromatic heterocycles. The van der Waals surface area contributed by atoms with E-state index in [0.29, 0.717) is 17.3 Å². The number of fused-ring (bicyclic) bond motifs is 1. The molecule has 2 N–H and O–H groups in total. The molecule has 4 rings (SSSR count). The number of benzene rings is 1. The number of hydrogen-bond donors (Lipinski definition) is 1. The van der Waals surface area contributed by atoms with Gasteiger partial charge < -0.3 is 15.4 Å². The molecule has 1 aliphatic rings. The number of para-hydroxylation sites is 1. The SMILES string of the molecule is NC(=O)c1ccc(C2CCCN2C(=O)COc2ncnc3ccccc23)s1. The molecular weight excluding hydrogens is 364 g/mol. The third-order valence-electron chi connectivity index (χ3n) is 4.61. The molecule has 138 valence electrons. The molecule has 3 heterocycles. The molecule has 0 spiro atoms. The first-order valence-corrected chi connectivity index (χ1v) is 9.46. The van der Waals surface area contributed by atoms with Gasteiger partial charge in [0.25, 0.3) is 11.8 Å². The van der Waals surface area contributed by atoms with Gasteiger partial charge in [-0.2, -0.15) is 0 Å². The maximum atomic E-state index is 12.7. The van der Waals surface area contributed by atoms with Crippen molar-refractivity contribution in [3.63, 3.8) is 0 Å². The van der Waals surface area contributed by atoms with Gasteiger partial charge in [-0.1, -0.05) is 12.1 Å². The van der Waals surface area contributed by atoms with Gasteiger partial charge in [-0.15, -0.1) is 11.3 Å². The second kappa shape index (κ2) is 7.32. The van der Waals surface area contributed by atoms with Gasteiger partial charge in [-0.3, -0.25) is 9.59 Å². The van der Waals surface area contributed by atoms with Crippen molar-refractivity contribution in [2.75, 3.05) is 13.2 Å². The van der Waals surface area contributed by atoms with E-state index in [-0.39, 0.29) is 18.6 Å². The Morgan fingerprint density at radius 1 is 1.22 bits per heavy atom. The van der Waals surface area contributed by atoms with Gasteiger partial charge in [0.1, 0.15) is 6.33 Å². The fourth-order valence-corrected chi connectivity index (χ4v) is 4.34. The molecule has 1 fully saturated rings. The minimum atomic E-state index is -0.443. The summed E-state index contributed by atoms with van der Waals surface area (Å²) in [5.41, 5.74) is 6.11. The number of nitrogens with two attached hydrogens (primary N) is 1. The molecular formula is C19H18N4O3S. The third-order valence-corrected chi connectivity index (χ3v) is 5.81. The number of rotatable bonds is 5. The van der Waals surface area contributed by atoms with Crippen molar-refractivity contribution < 1.29 is 14.3 Å². The van der Waals surface area contributed by atoms with E-state index in [0.717, 1.165) is 28.6 Å². The molecule has 1 atom stereocenters. The molecule has 8 heteroatoms. The lowest BCUT2D eigenvalue weighted by Crippen LogP contribution is -2.34. The van der Waals surface area contributed by atoms with Crippen molar-refractivity contribution in [2.45, 2.75) is 18.9 Å². The fourth-order valence-electron chi connectivity index (χ4n) is 3.33. The number of likely N-dealkylation sites (tertiary alicyclic amines) is 1. The van der Waals surface area contributed by atoms with Crippen molar-refractivity contribution >= 4 is 34.1 Å². The summed E-state index contributed by atoms with van der Waals surface area (Å²) in [7, 11) is 0. The highest BCUT2D eigenvalue weighted by Crippen LogP contribution is 2.36. The Hall–Kier alpha value is -3.00. The van der Waals surface area contributed by atoms with E-state index < -0.39 is 5.91 Å². The zero-order valence-electron chi connectivity index (χ0n) is 14.5. The second-order valence-corrected chi connectivity index (χ2v) is 7.41. The van der Waals surface area contributed by atoms with Crippen molar-refractivity contribution in [2.24, 2.45) is 5.73 Å². The van der Waals surface area contributed by atoms with Gasteiger partial charge in [0.05, 0.1) is 21.8 Å². The molecule has 1 aliphatic heterocycles. The first kappa shape index (κ1) is 17.4.